The Balaban J connectivity index is 2.40. The molecule has 0 bridgehead atoms. The standard InChI is InChI=1S/C12H13FN/c1-2-3-4-9-8-14-12-6-5-10(13)7-11(9)12/h5-8,14H,1-4H2. The number of unbranched alkanes of at least 4 members (excludes halogenated alkanes) is 1. The van der Waals surface area contributed by atoms with Gasteiger partial charge in [-0.25, -0.2) is 4.39 Å². The summed E-state index contributed by atoms with van der Waals surface area (Å²) in [4.78, 5) is 3.14. The molecular weight excluding hydrogens is 177 g/mol. The highest BCUT2D eigenvalue weighted by Crippen LogP contribution is 2.20. The molecule has 0 aliphatic heterocycles. The molecule has 0 saturated carbocycles. The fourth-order valence-corrected chi connectivity index (χ4v) is 1.67. The van der Waals surface area contributed by atoms with Crippen LogP contribution in [-0.4, -0.2) is 4.98 Å². The van der Waals surface area contributed by atoms with Crippen molar-refractivity contribution in [3.05, 3.63) is 42.7 Å². The van der Waals surface area contributed by atoms with Gasteiger partial charge in [-0.3, -0.25) is 0 Å². The first-order chi connectivity index (χ1) is 6.81. The Morgan fingerprint density at radius 2 is 2.21 bits per heavy atom. The van der Waals surface area contributed by atoms with Gasteiger partial charge in [-0.05, 0) is 36.6 Å². The van der Waals surface area contributed by atoms with Gasteiger partial charge in [0.2, 0.25) is 0 Å². The van der Waals surface area contributed by atoms with Crippen molar-refractivity contribution in [2.75, 3.05) is 0 Å². The van der Waals surface area contributed by atoms with Crippen molar-refractivity contribution < 1.29 is 4.39 Å². The zero-order valence-electron chi connectivity index (χ0n) is 8.02. The molecule has 0 unspecified atom stereocenters. The molecular formula is C12H13FN. The number of hydrogen-bond donors (Lipinski definition) is 1. The van der Waals surface area contributed by atoms with E-state index in [4.69, 9.17) is 0 Å². The van der Waals surface area contributed by atoms with E-state index in [1.807, 2.05) is 6.20 Å². The number of H-pyrrole nitrogens is 1. The molecule has 1 N–H and O–H groups in total. The van der Waals surface area contributed by atoms with E-state index in [1.165, 1.54) is 11.6 Å². The highest BCUT2D eigenvalue weighted by molar-refractivity contribution is 5.83. The van der Waals surface area contributed by atoms with Crippen molar-refractivity contribution in [3.8, 4) is 0 Å². The van der Waals surface area contributed by atoms with E-state index in [1.54, 1.807) is 12.1 Å². The normalized spacial score (nSPS) is 11.0. The Kier molecular flexibility index (Phi) is 2.53. The van der Waals surface area contributed by atoms with Crippen LogP contribution in [0, 0.1) is 12.7 Å². The van der Waals surface area contributed by atoms with Crippen molar-refractivity contribution in [2.24, 2.45) is 0 Å². The van der Waals surface area contributed by atoms with Gasteiger partial charge in [0.25, 0.3) is 0 Å². The van der Waals surface area contributed by atoms with Crippen LogP contribution in [0.25, 0.3) is 10.9 Å². The van der Waals surface area contributed by atoms with Gasteiger partial charge >= 0.3 is 0 Å². The molecule has 0 saturated heterocycles. The van der Waals surface area contributed by atoms with Gasteiger partial charge in [0.1, 0.15) is 5.82 Å². The largest absolute Gasteiger partial charge is 0.361 e. The van der Waals surface area contributed by atoms with Gasteiger partial charge < -0.3 is 4.98 Å². The van der Waals surface area contributed by atoms with Crippen LogP contribution >= 0.6 is 0 Å². The second-order valence-electron chi connectivity index (χ2n) is 3.46. The molecule has 2 heteroatoms. The molecule has 0 fully saturated rings. The number of aromatic amines is 1. The third kappa shape index (κ3) is 1.65. The molecule has 2 aromatic rings. The lowest BCUT2D eigenvalue weighted by molar-refractivity contribution is 0.629. The summed E-state index contributed by atoms with van der Waals surface area (Å²) in [6.45, 7) is 3.80. The Labute approximate surface area is 82.9 Å². The first kappa shape index (κ1) is 9.25. The third-order valence-electron chi connectivity index (χ3n) is 2.43. The van der Waals surface area contributed by atoms with Gasteiger partial charge in [-0.15, -0.1) is 0 Å². The quantitative estimate of drug-likeness (QED) is 0.762. The summed E-state index contributed by atoms with van der Waals surface area (Å²) in [5.41, 5.74) is 2.19. The van der Waals surface area contributed by atoms with Crippen LogP contribution in [0.2, 0.25) is 0 Å². The number of hydrogen-bond acceptors (Lipinski definition) is 0. The Hall–Kier alpha value is -1.31. The average Bonchev–Trinajstić information content (AvgIpc) is 2.57. The SMILES string of the molecule is [CH2]CCCc1c[nH]c2ccc(F)cc12. The Morgan fingerprint density at radius 1 is 1.36 bits per heavy atom. The molecule has 1 heterocycles. The number of aromatic nitrogens is 1. The molecule has 1 aromatic carbocycles. The molecule has 0 spiro atoms. The monoisotopic (exact) mass is 190 g/mol. The molecule has 1 aromatic heterocycles. The van der Waals surface area contributed by atoms with E-state index in [2.05, 4.69) is 11.9 Å². The van der Waals surface area contributed by atoms with Crippen LogP contribution in [0.1, 0.15) is 18.4 Å². The maximum Gasteiger partial charge on any atom is 0.123 e. The molecule has 0 aliphatic carbocycles. The smallest absolute Gasteiger partial charge is 0.123 e. The zero-order chi connectivity index (χ0) is 9.97. The molecule has 2 rings (SSSR count). The summed E-state index contributed by atoms with van der Waals surface area (Å²) in [5, 5.41) is 0.999. The highest BCUT2D eigenvalue weighted by atomic mass is 19.1. The molecule has 0 aliphatic rings. The summed E-state index contributed by atoms with van der Waals surface area (Å²) < 4.78 is 13.0. The van der Waals surface area contributed by atoms with Crippen molar-refractivity contribution in [3.63, 3.8) is 0 Å². The predicted octanol–water partition coefficient (Wildman–Crippen LogP) is 3.46. The zero-order valence-corrected chi connectivity index (χ0v) is 8.02. The summed E-state index contributed by atoms with van der Waals surface area (Å²) in [7, 11) is 0. The lowest BCUT2D eigenvalue weighted by Gasteiger charge is -1.97. The minimum atomic E-state index is -0.173. The number of rotatable bonds is 3. The minimum absolute atomic E-state index is 0.173. The van der Waals surface area contributed by atoms with Gasteiger partial charge in [0.15, 0.2) is 0 Å². The van der Waals surface area contributed by atoms with Gasteiger partial charge in [-0.1, -0.05) is 13.3 Å². The van der Waals surface area contributed by atoms with Crippen LogP contribution in [0.15, 0.2) is 24.4 Å². The van der Waals surface area contributed by atoms with E-state index in [9.17, 15) is 4.39 Å². The average molecular weight is 190 g/mol. The summed E-state index contributed by atoms with van der Waals surface area (Å²) in [5.74, 6) is -0.173. The van der Waals surface area contributed by atoms with E-state index < -0.39 is 0 Å². The van der Waals surface area contributed by atoms with Crippen LogP contribution in [-0.2, 0) is 6.42 Å². The fraction of sp³-hybridized carbons (Fsp3) is 0.250. The van der Waals surface area contributed by atoms with E-state index in [0.717, 1.165) is 30.2 Å². The number of fused-ring (bicyclic) bond motifs is 1. The molecule has 73 valence electrons. The van der Waals surface area contributed by atoms with Crippen molar-refractivity contribution >= 4 is 10.9 Å². The second-order valence-corrected chi connectivity index (χ2v) is 3.46. The minimum Gasteiger partial charge on any atom is -0.361 e. The van der Waals surface area contributed by atoms with Gasteiger partial charge in [0, 0.05) is 17.1 Å². The Morgan fingerprint density at radius 3 is 3.00 bits per heavy atom. The van der Waals surface area contributed by atoms with Crippen LogP contribution in [0.4, 0.5) is 4.39 Å². The molecule has 0 amide bonds. The van der Waals surface area contributed by atoms with Crippen LogP contribution < -0.4 is 0 Å². The van der Waals surface area contributed by atoms with E-state index in [0.29, 0.717) is 0 Å². The maximum atomic E-state index is 13.0. The maximum absolute atomic E-state index is 13.0. The molecule has 1 nitrogen and oxygen atoms in total. The first-order valence-electron chi connectivity index (χ1n) is 4.86. The van der Waals surface area contributed by atoms with Crippen LogP contribution in [0.5, 0.6) is 0 Å². The van der Waals surface area contributed by atoms with E-state index in [-0.39, 0.29) is 5.82 Å². The van der Waals surface area contributed by atoms with Crippen molar-refractivity contribution in [2.45, 2.75) is 19.3 Å². The third-order valence-corrected chi connectivity index (χ3v) is 2.43. The number of benzene rings is 1. The van der Waals surface area contributed by atoms with Gasteiger partial charge in [0.05, 0.1) is 0 Å². The van der Waals surface area contributed by atoms with Crippen LogP contribution in [0.3, 0.4) is 0 Å². The number of nitrogens with one attached hydrogen (secondary N) is 1. The second kappa shape index (κ2) is 3.82. The topological polar surface area (TPSA) is 15.8 Å². The molecule has 0 atom stereocenters. The summed E-state index contributed by atoms with van der Waals surface area (Å²) in [6, 6.07) is 4.84. The van der Waals surface area contributed by atoms with Crippen molar-refractivity contribution in [1.82, 2.24) is 4.98 Å². The van der Waals surface area contributed by atoms with Crippen molar-refractivity contribution in [1.29, 1.82) is 0 Å². The molecule has 1 radical (unpaired) electrons. The van der Waals surface area contributed by atoms with Gasteiger partial charge in [-0.2, -0.15) is 0 Å². The lowest BCUT2D eigenvalue weighted by atomic mass is 10.1. The fourth-order valence-electron chi connectivity index (χ4n) is 1.67. The first-order valence-corrected chi connectivity index (χ1v) is 4.86. The number of aryl methyl sites for hydroxylation is 1. The Bertz CT molecular complexity index is 431. The lowest BCUT2D eigenvalue weighted by Crippen LogP contribution is -1.82. The highest BCUT2D eigenvalue weighted by Gasteiger charge is 2.03. The molecule has 14 heavy (non-hydrogen) atoms. The predicted molar refractivity (Wildman–Crippen MR) is 56.6 cm³/mol. The number of halogens is 1. The summed E-state index contributed by atoms with van der Waals surface area (Å²) in [6.07, 6.45) is 4.89. The van der Waals surface area contributed by atoms with E-state index >= 15 is 0 Å². The summed E-state index contributed by atoms with van der Waals surface area (Å²) >= 11 is 0.